The van der Waals surface area contributed by atoms with Gasteiger partial charge in [-0.05, 0) is 74.1 Å². The average molecular weight is 533 g/mol. The molecule has 5 heterocycles. The van der Waals surface area contributed by atoms with Gasteiger partial charge < -0.3 is 5.11 Å². The van der Waals surface area contributed by atoms with Gasteiger partial charge in [0, 0.05) is 47.1 Å². The molecule has 1 N–H and O–H groups in total. The normalized spacial score (nSPS) is 25.3. The van der Waals surface area contributed by atoms with E-state index in [1.165, 1.54) is 0 Å². The fraction of sp³-hybridized carbons (Fsp3) is 0.333. The van der Waals surface area contributed by atoms with Crippen molar-refractivity contribution in [2.24, 2.45) is 31.8 Å². The number of ketones is 1. The van der Waals surface area contributed by atoms with Crippen molar-refractivity contribution in [1.29, 1.82) is 0 Å². The first-order valence-electron chi connectivity index (χ1n) is 13.9. The van der Waals surface area contributed by atoms with Gasteiger partial charge in [-0.3, -0.25) is 14.6 Å². The number of carboxylic acid groups (broad SMARTS) is 1. The number of nitrogens with zero attached hydrogens (tertiary/aromatic N) is 4. The summed E-state index contributed by atoms with van der Waals surface area (Å²) in [6, 6.07) is 0. The molecular weight excluding hydrogens is 500 g/mol. The molecule has 2 unspecified atom stereocenters. The van der Waals surface area contributed by atoms with E-state index in [9.17, 15) is 14.7 Å². The maximum atomic E-state index is 13.3. The number of carbonyl (C=O) groups excluding carboxylic acids is 1. The van der Waals surface area contributed by atoms with Gasteiger partial charge in [0.2, 0.25) is 0 Å². The van der Waals surface area contributed by atoms with Crippen LogP contribution >= 0.6 is 0 Å². The third-order valence-corrected chi connectivity index (χ3v) is 8.86. The summed E-state index contributed by atoms with van der Waals surface area (Å²) in [5.74, 6) is -0.986. The number of rotatable bonds is 5. The first-order chi connectivity index (χ1) is 19.1. The molecular formula is C33H32N4O3. The van der Waals surface area contributed by atoms with Crippen LogP contribution < -0.4 is 0 Å². The lowest BCUT2D eigenvalue weighted by Gasteiger charge is -2.17. The average Bonchev–Trinajstić information content (AvgIpc) is 3.65. The number of carboxylic acids is 1. The monoisotopic (exact) mass is 532 g/mol. The lowest BCUT2D eigenvalue weighted by Crippen LogP contribution is -2.17. The summed E-state index contributed by atoms with van der Waals surface area (Å²) in [7, 11) is 0. The van der Waals surface area contributed by atoms with Crippen LogP contribution in [0.5, 0.6) is 0 Å². The van der Waals surface area contributed by atoms with Crippen molar-refractivity contribution in [2.75, 3.05) is 0 Å². The van der Waals surface area contributed by atoms with Crippen molar-refractivity contribution >= 4 is 34.6 Å². The summed E-state index contributed by atoms with van der Waals surface area (Å²) >= 11 is 0. The van der Waals surface area contributed by atoms with E-state index in [2.05, 4.69) is 27.4 Å². The lowest BCUT2D eigenvalue weighted by atomic mass is 9.84. The Kier molecular flexibility index (Phi) is 6.13. The molecule has 7 nitrogen and oxygen atoms in total. The number of hydrogen-bond donors (Lipinski definition) is 1. The van der Waals surface area contributed by atoms with Gasteiger partial charge in [-0.15, -0.1) is 0 Å². The first kappa shape index (κ1) is 26.0. The van der Waals surface area contributed by atoms with E-state index in [0.717, 1.165) is 79.8 Å². The van der Waals surface area contributed by atoms with Crippen LogP contribution in [0.2, 0.25) is 0 Å². The predicted molar refractivity (Wildman–Crippen MR) is 159 cm³/mol. The minimum Gasteiger partial charge on any atom is -0.481 e. The molecule has 5 aliphatic heterocycles. The fourth-order valence-corrected chi connectivity index (χ4v) is 6.54. The topological polar surface area (TPSA) is 104 Å². The second-order valence-electron chi connectivity index (χ2n) is 11.1. The van der Waals surface area contributed by atoms with Crippen molar-refractivity contribution < 1.29 is 14.7 Å². The SMILES string of the molecule is C=CC1=C(C)C2=CC3=NC(=C4CC(=O)C5=C(C)C(=CC6=NC(=CC1=N2)C(C)=C6CC)N=C45)C(CCC(=O)O)C3C. The zero-order valence-electron chi connectivity index (χ0n) is 23.6. The van der Waals surface area contributed by atoms with Gasteiger partial charge >= 0.3 is 5.97 Å². The molecule has 1 fully saturated rings. The summed E-state index contributed by atoms with van der Waals surface area (Å²) in [6.07, 6.45) is 9.35. The number of Topliss-reactive ketones (excluding diaryl/α,β-unsaturated/α-hetero) is 1. The van der Waals surface area contributed by atoms with E-state index < -0.39 is 5.97 Å². The number of fused-ring (bicyclic) bond motifs is 4. The third kappa shape index (κ3) is 3.86. The van der Waals surface area contributed by atoms with Crippen LogP contribution in [0.3, 0.4) is 0 Å². The third-order valence-electron chi connectivity index (χ3n) is 8.86. The molecule has 0 radical (unpaired) electrons. The number of allylic oxidation sites excluding steroid dienone is 12. The number of hydrogen-bond acceptors (Lipinski definition) is 6. The van der Waals surface area contributed by atoms with E-state index in [0.29, 0.717) is 17.7 Å². The first-order valence-corrected chi connectivity index (χ1v) is 13.9. The Morgan fingerprint density at radius 1 is 1.00 bits per heavy atom. The maximum Gasteiger partial charge on any atom is 0.303 e. The Hall–Kier alpha value is -4.26. The molecule has 2 atom stereocenters. The fourth-order valence-electron chi connectivity index (χ4n) is 6.54. The molecule has 202 valence electrons. The van der Waals surface area contributed by atoms with E-state index >= 15 is 0 Å². The molecule has 7 heteroatoms. The molecule has 1 aliphatic carbocycles. The van der Waals surface area contributed by atoms with Gasteiger partial charge in [0.1, 0.15) is 0 Å². The van der Waals surface area contributed by atoms with Crippen LogP contribution in [0.4, 0.5) is 0 Å². The smallest absolute Gasteiger partial charge is 0.303 e. The molecule has 0 aromatic heterocycles. The molecule has 0 aromatic carbocycles. The van der Waals surface area contributed by atoms with Gasteiger partial charge in [0.25, 0.3) is 0 Å². The zero-order chi connectivity index (χ0) is 28.5. The van der Waals surface area contributed by atoms with Gasteiger partial charge in [-0.1, -0.05) is 26.5 Å². The van der Waals surface area contributed by atoms with Crippen LogP contribution in [0.15, 0.2) is 113 Å². The highest BCUT2D eigenvalue weighted by molar-refractivity contribution is 6.38. The second kappa shape index (κ2) is 9.44. The standard InChI is InChI=1S/C33H32N4O3/c1-7-19-15(3)23-12-25-17(5)21(9-10-30(39)40)32(36-25)22-11-29(38)31-18(6)26(37-33(22)31)14-28-20(8-2)16(4)24(35-28)13-27(19)34-23/h7,12-14,17,21H,1,8-11H2,2-6H3,(H,39,40). The molecule has 0 spiro atoms. The maximum absolute atomic E-state index is 13.3. The van der Waals surface area contributed by atoms with Crippen molar-refractivity contribution in [3.8, 4) is 0 Å². The van der Waals surface area contributed by atoms with Crippen LogP contribution in [0, 0.1) is 11.8 Å². The Morgan fingerprint density at radius 3 is 2.38 bits per heavy atom. The number of aliphatic carboxylic acids is 1. The molecule has 0 amide bonds. The van der Waals surface area contributed by atoms with E-state index in [1.807, 2.05) is 38.2 Å². The largest absolute Gasteiger partial charge is 0.481 e. The van der Waals surface area contributed by atoms with Crippen molar-refractivity contribution in [3.63, 3.8) is 0 Å². The van der Waals surface area contributed by atoms with E-state index in [4.69, 9.17) is 20.0 Å². The van der Waals surface area contributed by atoms with Crippen molar-refractivity contribution in [1.82, 2.24) is 0 Å². The van der Waals surface area contributed by atoms with Crippen LogP contribution in [0.25, 0.3) is 0 Å². The summed E-state index contributed by atoms with van der Waals surface area (Å²) in [5.41, 5.74) is 12.9. The number of aliphatic imine (C=N–C) groups is 4. The summed E-state index contributed by atoms with van der Waals surface area (Å²) < 4.78 is 0. The number of carbonyl (C=O) groups is 2. The molecule has 6 rings (SSSR count). The summed E-state index contributed by atoms with van der Waals surface area (Å²) in [5, 5.41) is 9.48. The van der Waals surface area contributed by atoms with Crippen molar-refractivity contribution in [2.45, 2.75) is 60.3 Å². The highest BCUT2D eigenvalue weighted by Crippen LogP contribution is 2.45. The summed E-state index contributed by atoms with van der Waals surface area (Å²) in [4.78, 5) is 45.0. The second-order valence-corrected chi connectivity index (χ2v) is 11.1. The molecule has 0 saturated heterocycles. The van der Waals surface area contributed by atoms with E-state index in [-0.39, 0.29) is 30.5 Å². The van der Waals surface area contributed by atoms with Gasteiger partial charge in [0.05, 0.1) is 39.9 Å². The van der Waals surface area contributed by atoms with Crippen LogP contribution in [-0.2, 0) is 9.59 Å². The molecule has 40 heavy (non-hydrogen) atoms. The predicted octanol–water partition coefficient (Wildman–Crippen LogP) is 6.36. The molecule has 1 saturated carbocycles. The molecule has 0 aromatic rings. The Labute approximate surface area is 234 Å². The molecule has 6 aliphatic rings. The van der Waals surface area contributed by atoms with Crippen LogP contribution in [0.1, 0.15) is 60.3 Å². The lowest BCUT2D eigenvalue weighted by molar-refractivity contribution is -0.137. The highest BCUT2D eigenvalue weighted by Gasteiger charge is 2.42. The van der Waals surface area contributed by atoms with Crippen LogP contribution in [-0.4, -0.2) is 39.7 Å². The Morgan fingerprint density at radius 2 is 1.68 bits per heavy atom. The Bertz CT molecular complexity index is 1690. The quantitative estimate of drug-likeness (QED) is 0.445. The summed E-state index contributed by atoms with van der Waals surface area (Å²) in [6.45, 7) is 14.3. The minimum atomic E-state index is -0.845. The zero-order valence-corrected chi connectivity index (χ0v) is 23.6. The van der Waals surface area contributed by atoms with E-state index in [1.54, 1.807) is 0 Å². The highest BCUT2D eigenvalue weighted by atomic mass is 16.4. The van der Waals surface area contributed by atoms with Crippen molar-refractivity contribution in [3.05, 3.63) is 92.7 Å². The minimum absolute atomic E-state index is 0.0270. The van der Waals surface area contributed by atoms with Gasteiger partial charge in [-0.25, -0.2) is 15.0 Å². The van der Waals surface area contributed by atoms with Gasteiger partial charge in [0.15, 0.2) is 5.78 Å². The van der Waals surface area contributed by atoms with Gasteiger partial charge in [-0.2, -0.15) is 0 Å². The Balaban J connectivity index is 1.64. The molecule has 8 bridgehead atoms.